The molecule has 0 amide bonds. The molecule has 4 heteroatoms. The lowest BCUT2D eigenvalue weighted by Gasteiger charge is -2.35. The van der Waals surface area contributed by atoms with Gasteiger partial charge in [0, 0.05) is 26.2 Å². The van der Waals surface area contributed by atoms with Gasteiger partial charge in [0.05, 0.1) is 0 Å². The minimum atomic E-state index is -0.670. The van der Waals surface area contributed by atoms with Crippen LogP contribution in [0.4, 0.5) is 0 Å². The van der Waals surface area contributed by atoms with Crippen molar-refractivity contribution in [1.82, 2.24) is 9.80 Å². The maximum atomic E-state index is 11.0. The molecule has 4 nitrogen and oxygen atoms in total. The van der Waals surface area contributed by atoms with Gasteiger partial charge in [0.1, 0.15) is 6.04 Å². The van der Waals surface area contributed by atoms with E-state index >= 15 is 0 Å². The Kier molecular flexibility index (Phi) is 4.35. The van der Waals surface area contributed by atoms with Crippen LogP contribution in [0.2, 0.25) is 0 Å². The van der Waals surface area contributed by atoms with Crippen molar-refractivity contribution in [3.05, 3.63) is 0 Å². The summed E-state index contributed by atoms with van der Waals surface area (Å²) in [5.74, 6) is -0.670. The van der Waals surface area contributed by atoms with Crippen molar-refractivity contribution in [1.29, 1.82) is 0 Å². The zero-order valence-electron chi connectivity index (χ0n) is 9.07. The molecular weight excluding hydrogens is 180 g/mol. The van der Waals surface area contributed by atoms with Crippen molar-refractivity contribution < 1.29 is 9.90 Å². The average Bonchev–Trinajstić information content (AvgIpc) is 2.15. The molecule has 14 heavy (non-hydrogen) atoms. The molecular formula is C10H20N2O2. The summed E-state index contributed by atoms with van der Waals surface area (Å²) in [6.07, 6.45) is 1.70. The summed E-state index contributed by atoms with van der Waals surface area (Å²) in [4.78, 5) is 15.3. The second kappa shape index (κ2) is 5.32. The molecule has 1 saturated heterocycles. The number of likely N-dealkylation sites (N-methyl/N-ethyl adjacent to an activating group) is 1. The molecule has 0 saturated carbocycles. The van der Waals surface area contributed by atoms with E-state index < -0.39 is 5.97 Å². The highest BCUT2D eigenvalue weighted by Gasteiger charge is 2.26. The van der Waals surface area contributed by atoms with Crippen LogP contribution in [0.25, 0.3) is 0 Å². The highest BCUT2D eigenvalue weighted by atomic mass is 16.4. The van der Waals surface area contributed by atoms with E-state index in [2.05, 4.69) is 16.8 Å². The third-order valence-corrected chi connectivity index (χ3v) is 2.83. The predicted molar refractivity (Wildman–Crippen MR) is 55.4 cm³/mol. The largest absolute Gasteiger partial charge is 0.480 e. The van der Waals surface area contributed by atoms with Gasteiger partial charge in [-0.1, -0.05) is 13.3 Å². The lowest BCUT2D eigenvalue weighted by Crippen LogP contribution is -2.51. The number of nitrogens with zero attached hydrogens (tertiary/aromatic N) is 2. The van der Waals surface area contributed by atoms with E-state index in [9.17, 15) is 4.79 Å². The summed E-state index contributed by atoms with van der Waals surface area (Å²) in [5.41, 5.74) is 0. The SMILES string of the molecule is CCC[C@H](C(=O)O)N1CCN(C)CC1. The average molecular weight is 200 g/mol. The molecule has 0 aliphatic carbocycles. The van der Waals surface area contributed by atoms with Crippen LogP contribution in [-0.2, 0) is 4.79 Å². The fourth-order valence-electron chi connectivity index (χ4n) is 1.87. The van der Waals surface area contributed by atoms with E-state index in [1.807, 2.05) is 6.92 Å². The third-order valence-electron chi connectivity index (χ3n) is 2.83. The standard InChI is InChI=1S/C10H20N2O2/c1-3-4-9(10(13)14)12-7-5-11(2)6-8-12/h9H,3-8H2,1-2H3,(H,13,14)/t9-/m1/s1. The molecule has 1 heterocycles. The lowest BCUT2D eigenvalue weighted by atomic mass is 10.1. The van der Waals surface area contributed by atoms with Crippen molar-refractivity contribution >= 4 is 5.97 Å². The number of piperazine rings is 1. The first kappa shape index (κ1) is 11.5. The number of hydrogen-bond acceptors (Lipinski definition) is 3. The van der Waals surface area contributed by atoms with E-state index in [1.165, 1.54) is 0 Å². The second-order valence-electron chi connectivity index (χ2n) is 3.98. The highest BCUT2D eigenvalue weighted by Crippen LogP contribution is 2.10. The van der Waals surface area contributed by atoms with Gasteiger partial charge in [0.2, 0.25) is 0 Å². The molecule has 1 N–H and O–H groups in total. The van der Waals surface area contributed by atoms with Crippen LogP contribution >= 0.6 is 0 Å². The molecule has 0 unspecified atom stereocenters. The summed E-state index contributed by atoms with van der Waals surface area (Å²) < 4.78 is 0. The van der Waals surface area contributed by atoms with Gasteiger partial charge < -0.3 is 10.0 Å². The van der Waals surface area contributed by atoms with Crippen LogP contribution in [0.1, 0.15) is 19.8 Å². The molecule has 0 bridgehead atoms. The number of hydrogen-bond donors (Lipinski definition) is 1. The van der Waals surface area contributed by atoms with Gasteiger partial charge in [0.25, 0.3) is 0 Å². The molecule has 1 atom stereocenters. The van der Waals surface area contributed by atoms with Crippen molar-refractivity contribution in [3.63, 3.8) is 0 Å². The fourth-order valence-corrected chi connectivity index (χ4v) is 1.87. The van der Waals surface area contributed by atoms with Crippen LogP contribution < -0.4 is 0 Å². The van der Waals surface area contributed by atoms with Gasteiger partial charge in [-0.15, -0.1) is 0 Å². The Morgan fingerprint density at radius 3 is 2.36 bits per heavy atom. The van der Waals surface area contributed by atoms with Crippen LogP contribution in [0.5, 0.6) is 0 Å². The van der Waals surface area contributed by atoms with Gasteiger partial charge in [0.15, 0.2) is 0 Å². The monoisotopic (exact) mass is 200 g/mol. The molecule has 0 radical (unpaired) electrons. The zero-order chi connectivity index (χ0) is 10.6. The van der Waals surface area contributed by atoms with E-state index in [-0.39, 0.29) is 6.04 Å². The summed E-state index contributed by atoms with van der Waals surface area (Å²) in [6, 6.07) is -0.270. The van der Waals surface area contributed by atoms with E-state index in [1.54, 1.807) is 0 Å². The predicted octanol–water partition coefficient (Wildman–Crippen LogP) is 0.487. The number of aliphatic carboxylic acids is 1. The molecule has 0 aromatic carbocycles. The molecule has 1 aliphatic rings. The van der Waals surface area contributed by atoms with Crippen molar-refractivity contribution in [3.8, 4) is 0 Å². The molecule has 0 aromatic heterocycles. The van der Waals surface area contributed by atoms with Gasteiger partial charge in [-0.25, -0.2) is 0 Å². The normalized spacial score (nSPS) is 22.1. The Balaban J connectivity index is 2.47. The Bertz CT molecular complexity index is 189. The second-order valence-corrected chi connectivity index (χ2v) is 3.98. The smallest absolute Gasteiger partial charge is 0.320 e. The Morgan fingerprint density at radius 2 is 1.93 bits per heavy atom. The molecule has 1 aliphatic heterocycles. The molecule has 0 aromatic rings. The van der Waals surface area contributed by atoms with Crippen LogP contribution in [0, 0.1) is 0 Å². The van der Waals surface area contributed by atoms with E-state index in [0.29, 0.717) is 0 Å². The molecule has 82 valence electrons. The molecule has 1 rings (SSSR count). The van der Waals surface area contributed by atoms with Crippen molar-refractivity contribution in [2.24, 2.45) is 0 Å². The molecule has 0 spiro atoms. The first-order valence-corrected chi connectivity index (χ1v) is 5.30. The minimum Gasteiger partial charge on any atom is -0.480 e. The van der Waals surface area contributed by atoms with Gasteiger partial charge in [-0.05, 0) is 13.5 Å². The van der Waals surface area contributed by atoms with Gasteiger partial charge >= 0.3 is 5.97 Å². The number of carbonyl (C=O) groups is 1. The summed E-state index contributed by atoms with van der Waals surface area (Å²) in [5, 5.41) is 9.07. The van der Waals surface area contributed by atoms with E-state index in [4.69, 9.17) is 5.11 Å². The molecule has 1 fully saturated rings. The van der Waals surface area contributed by atoms with Gasteiger partial charge in [-0.2, -0.15) is 0 Å². The Morgan fingerprint density at radius 1 is 1.36 bits per heavy atom. The Labute approximate surface area is 85.5 Å². The third kappa shape index (κ3) is 2.96. The minimum absolute atomic E-state index is 0.270. The number of rotatable bonds is 4. The fraction of sp³-hybridized carbons (Fsp3) is 0.900. The van der Waals surface area contributed by atoms with Crippen molar-refractivity contribution in [2.45, 2.75) is 25.8 Å². The Hall–Kier alpha value is -0.610. The zero-order valence-corrected chi connectivity index (χ0v) is 9.07. The van der Waals surface area contributed by atoms with Gasteiger partial charge in [-0.3, -0.25) is 9.69 Å². The highest BCUT2D eigenvalue weighted by molar-refractivity contribution is 5.73. The maximum Gasteiger partial charge on any atom is 0.320 e. The maximum absolute atomic E-state index is 11.0. The lowest BCUT2D eigenvalue weighted by molar-refractivity contribution is -0.144. The summed E-state index contributed by atoms with van der Waals surface area (Å²) in [7, 11) is 2.08. The first-order chi connectivity index (χ1) is 6.65. The summed E-state index contributed by atoms with van der Waals surface area (Å²) >= 11 is 0. The van der Waals surface area contributed by atoms with Crippen LogP contribution in [0.3, 0.4) is 0 Å². The number of carboxylic acids is 1. The quantitative estimate of drug-likeness (QED) is 0.717. The van der Waals surface area contributed by atoms with Crippen molar-refractivity contribution in [2.75, 3.05) is 33.2 Å². The topological polar surface area (TPSA) is 43.8 Å². The summed E-state index contributed by atoms with van der Waals surface area (Å²) in [6.45, 7) is 5.76. The van der Waals surface area contributed by atoms with Crippen LogP contribution in [0.15, 0.2) is 0 Å². The number of carboxylic acid groups (broad SMARTS) is 1. The first-order valence-electron chi connectivity index (χ1n) is 5.30. The van der Waals surface area contributed by atoms with E-state index in [0.717, 1.165) is 39.0 Å². The van der Waals surface area contributed by atoms with Crippen LogP contribution in [-0.4, -0.2) is 60.1 Å².